The molecular formula is C23H32N2O6. The van der Waals surface area contributed by atoms with E-state index >= 15 is 0 Å². The Morgan fingerprint density at radius 2 is 1.65 bits per heavy atom. The molecule has 4 rings (SSSR count). The van der Waals surface area contributed by atoms with Crippen LogP contribution in [0.25, 0.3) is 0 Å². The van der Waals surface area contributed by atoms with E-state index in [2.05, 4.69) is 34.1 Å². The number of carboxylic acids is 2. The second-order valence-electron chi connectivity index (χ2n) is 8.38. The molecule has 2 fully saturated rings. The van der Waals surface area contributed by atoms with Gasteiger partial charge >= 0.3 is 11.9 Å². The van der Waals surface area contributed by atoms with Gasteiger partial charge in [0.05, 0.1) is 14.2 Å². The molecule has 1 saturated carbocycles. The van der Waals surface area contributed by atoms with Gasteiger partial charge in [0.1, 0.15) is 0 Å². The molecule has 0 spiro atoms. The second-order valence-corrected chi connectivity index (χ2v) is 8.38. The summed E-state index contributed by atoms with van der Waals surface area (Å²) in [6.45, 7) is 6.87. The fourth-order valence-corrected chi connectivity index (χ4v) is 4.89. The van der Waals surface area contributed by atoms with Crippen LogP contribution in [-0.4, -0.2) is 78.9 Å². The fourth-order valence-electron chi connectivity index (χ4n) is 4.89. The summed E-state index contributed by atoms with van der Waals surface area (Å²) < 4.78 is 11.0. The Hall–Kier alpha value is -2.58. The van der Waals surface area contributed by atoms with Gasteiger partial charge in [0, 0.05) is 44.8 Å². The van der Waals surface area contributed by atoms with E-state index in [1.54, 1.807) is 14.2 Å². The lowest BCUT2D eigenvalue weighted by molar-refractivity contribution is -0.159. The van der Waals surface area contributed by atoms with Crippen molar-refractivity contribution in [2.24, 2.45) is 17.8 Å². The lowest BCUT2D eigenvalue weighted by Crippen LogP contribution is -2.47. The molecule has 0 radical (unpaired) electrons. The van der Waals surface area contributed by atoms with E-state index in [0.29, 0.717) is 0 Å². The van der Waals surface area contributed by atoms with Crippen LogP contribution in [0.2, 0.25) is 0 Å². The summed E-state index contributed by atoms with van der Waals surface area (Å²) in [6.07, 6.45) is 7.76. The summed E-state index contributed by atoms with van der Waals surface area (Å²) in [5, 5.41) is 14.8. The lowest BCUT2D eigenvalue weighted by atomic mass is 9.93. The number of carbonyl (C=O) groups is 2. The summed E-state index contributed by atoms with van der Waals surface area (Å²) in [7, 11) is 3.42. The van der Waals surface area contributed by atoms with Crippen LogP contribution < -0.4 is 9.47 Å². The zero-order chi connectivity index (χ0) is 22.4. The van der Waals surface area contributed by atoms with Gasteiger partial charge in [0.2, 0.25) is 0 Å². The van der Waals surface area contributed by atoms with Crippen LogP contribution in [0.3, 0.4) is 0 Å². The maximum Gasteiger partial charge on any atom is 0.414 e. The van der Waals surface area contributed by atoms with E-state index < -0.39 is 11.9 Å². The molecule has 31 heavy (non-hydrogen) atoms. The molecule has 3 aliphatic rings. The van der Waals surface area contributed by atoms with Crippen LogP contribution in [0.4, 0.5) is 0 Å². The topological polar surface area (TPSA) is 99.5 Å². The molecule has 2 aliphatic carbocycles. The Bertz CT molecular complexity index is 791. The van der Waals surface area contributed by atoms with E-state index in [1.807, 2.05) is 6.07 Å². The summed E-state index contributed by atoms with van der Waals surface area (Å²) >= 11 is 0. The molecule has 1 aromatic rings. The zero-order valence-corrected chi connectivity index (χ0v) is 18.2. The molecule has 2 bridgehead atoms. The van der Waals surface area contributed by atoms with Crippen LogP contribution in [0.1, 0.15) is 18.4 Å². The third kappa shape index (κ3) is 5.98. The van der Waals surface area contributed by atoms with Gasteiger partial charge in [-0.1, -0.05) is 24.3 Å². The lowest BCUT2D eigenvalue weighted by Gasteiger charge is -2.37. The minimum absolute atomic E-state index is 0.822. The smallest absolute Gasteiger partial charge is 0.414 e. The highest BCUT2D eigenvalue weighted by molar-refractivity contribution is 6.27. The summed E-state index contributed by atoms with van der Waals surface area (Å²) in [5.74, 6) is 0.704. The molecule has 2 N–H and O–H groups in total. The van der Waals surface area contributed by atoms with Crippen LogP contribution >= 0.6 is 0 Å². The first-order valence-electron chi connectivity index (χ1n) is 10.7. The number of carboxylic acid groups (broad SMARTS) is 2. The molecule has 1 aromatic carbocycles. The summed E-state index contributed by atoms with van der Waals surface area (Å²) in [5.41, 5.74) is 1.22. The first-order chi connectivity index (χ1) is 14.9. The van der Waals surface area contributed by atoms with E-state index in [9.17, 15) is 0 Å². The van der Waals surface area contributed by atoms with E-state index in [4.69, 9.17) is 29.3 Å². The predicted molar refractivity (Wildman–Crippen MR) is 115 cm³/mol. The highest BCUT2D eigenvalue weighted by atomic mass is 16.5. The predicted octanol–water partition coefficient (Wildman–Crippen LogP) is 2.19. The molecule has 3 atom stereocenters. The third-order valence-corrected chi connectivity index (χ3v) is 6.44. The number of allylic oxidation sites excluding steroid dienone is 2. The van der Waals surface area contributed by atoms with Gasteiger partial charge in [-0.15, -0.1) is 0 Å². The van der Waals surface area contributed by atoms with Crippen molar-refractivity contribution in [3.8, 4) is 11.5 Å². The Morgan fingerprint density at radius 1 is 0.968 bits per heavy atom. The van der Waals surface area contributed by atoms with Gasteiger partial charge in [-0.3, -0.25) is 4.90 Å². The molecule has 1 heterocycles. The summed E-state index contributed by atoms with van der Waals surface area (Å²) in [6, 6.07) is 6.16. The van der Waals surface area contributed by atoms with Crippen molar-refractivity contribution in [1.82, 2.24) is 9.80 Å². The standard InChI is InChI=1S/C21H30N2O2.C2H2O4/c1-24-20-5-3-4-18(21(20)25-2)14-22-8-10-23(11-9-22)15-19-13-16-6-7-17(19)12-16;3-1(4)2(5)6/h3-7,16-17,19H,8-15H2,1-2H3;(H,3,4)(H,5,6). The van der Waals surface area contributed by atoms with Gasteiger partial charge in [0.25, 0.3) is 0 Å². The molecule has 170 valence electrons. The van der Waals surface area contributed by atoms with Crippen molar-refractivity contribution >= 4 is 11.9 Å². The van der Waals surface area contributed by atoms with Crippen LogP contribution in [0.5, 0.6) is 11.5 Å². The number of hydrogen-bond donors (Lipinski definition) is 2. The SMILES string of the molecule is COc1cccc(CN2CCN(CC3CC4C=CC3C4)CC2)c1OC.O=C(O)C(=O)O. The third-order valence-electron chi connectivity index (χ3n) is 6.44. The van der Waals surface area contributed by atoms with Gasteiger partial charge in [-0.25, -0.2) is 9.59 Å². The van der Waals surface area contributed by atoms with Crippen LogP contribution in [0, 0.1) is 17.8 Å². The molecule has 0 amide bonds. The number of ether oxygens (including phenoxy) is 2. The number of benzene rings is 1. The number of piperazine rings is 1. The Balaban J connectivity index is 0.000000401. The zero-order valence-electron chi connectivity index (χ0n) is 18.2. The Labute approximate surface area is 183 Å². The monoisotopic (exact) mass is 432 g/mol. The molecular weight excluding hydrogens is 400 g/mol. The van der Waals surface area contributed by atoms with Crippen molar-refractivity contribution < 1.29 is 29.3 Å². The Kier molecular flexibility index (Phi) is 7.92. The number of hydrogen-bond acceptors (Lipinski definition) is 6. The molecule has 0 aromatic heterocycles. The molecule has 8 nitrogen and oxygen atoms in total. The van der Waals surface area contributed by atoms with Crippen molar-refractivity contribution in [1.29, 1.82) is 0 Å². The van der Waals surface area contributed by atoms with Crippen molar-refractivity contribution in [2.75, 3.05) is 46.9 Å². The molecule has 1 aliphatic heterocycles. The average Bonchev–Trinajstić information content (AvgIpc) is 3.38. The van der Waals surface area contributed by atoms with Gasteiger partial charge in [-0.05, 0) is 36.7 Å². The van der Waals surface area contributed by atoms with Crippen molar-refractivity contribution in [2.45, 2.75) is 19.4 Å². The number of nitrogens with zero attached hydrogens (tertiary/aromatic N) is 2. The highest BCUT2D eigenvalue weighted by Crippen LogP contribution is 2.43. The van der Waals surface area contributed by atoms with Crippen molar-refractivity contribution in [3.05, 3.63) is 35.9 Å². The van der Waals surface area contributed by atoms with Crippen LogP contribution in [-0.2, 0) is 16.1 Å². The van der Waals surface area contributed by atoms with Gasteiger partial charge in [0.15, 0.2) is 11.5 Å². The first kappa shape index (κ1) is 23.1. The number of aliphatic carboxylic acids is 2. The number of rotatable bonds is 6. The van der Waals surface area contributed by atoms with Gasteiger partial charge < -0.3 is 24.6 Å². The normalized spacial score (nSPS) is 25.0. The average molecular weight is 433 g/mol. The molecule has 1 saturated heterocycles. The van der Waals surface area contributed by atoms with Crippen LogP contribution in [0.15, 0.2) is 30.4 Å². The molecule has 8 heteroatoms. The van der Waals surface area contributed by atoms with E-state index in [1.165, 1.54) is 38.0 Å². The fraction of sp³-hybridized carbons (Fsp3) is 0.565. The van der Waals surface area contributed by atoms with Crippen molar-refractivity contribution in [3.63, 3.8) is 0 Å². The van der Waals surface area contributed by atoms with E-state index in [-0.39, 0.29) is 0 Å². The highest BCUT2D eigenvalue weighted by Gasteiger charge is 2.36. The summed E-state index contributed by atoms with van der Waals surface area (Å²) in [4.78, 5) is 23.4. The largest absolute Gasteiger partial charge is 0.493 e. The molecule has 3 unspecified atom stereocenters. The maximum absolute atomic E-state index is 9.10. The minimum atomic E-state index is -1.82. The van der Waals surface area contributed by atoms with Gasteiger partial charge in [-0.2, -0.15) is 0 Å². The quantitative estimate of drug-likeness (QED) is 0.521. The maximum atomic E-state index is 9.10. The minimum Gasteiger partial charge on any atom is -0.493 e. The number of methoxy groups -OCH3 is 2. The number of fused-ring (bicyclic) bond motifs is 2. The number of para-hydroxylation sites is 1. The van der Waals surface area contributed by atoms with E-state index in [0.717, 1.165) is 48.9 Å². The second kappa shape index (κ2) is 10.6. The first-order valence-corrected chi connectivity index (χ1v) is 10.7. The Morgan fingerprint density at radius 3 is 2.16 bits per heavy atom.